The van der Waals surface area contributed by atoms with Gasteiger partial charge in [0.15, 0.2) is 10.4 Å². The van der Waals surface area contributed by atoms with Crippen molar-refractivity contribution in [3.63, 3.8) is 0 Å². The molecule has 2 atom stereocenters. The van der Waals surface area contributed by atoms with Crippen LogP contribution < -0.4 is 11.5 Å². The molecular weight excluding hydrogens is 604 g/mol. The Kier molecular flexibility index (Phi) is 10.9. The summed E-state index contributed by atoms with van der Waals surface area (Å²) in [5, 5.41) is 0. The Morgan fingerprint density at radius 2 is 0.977 bits per heavy atom. The van der Waals surface area contributed by atoms with Crippen LogP contribution >= 0.6 is 15.9 Å². The van der Waals surface area contributed by atoms with E-state index in [2.05, 4.69) is 57.5 Å². The van der Waals surface area contributed by atoms with E-state index in [4.69, 9.17) is 8.83 Å². The second-order valence-corrected chi connectivity index (χ2v) is 12.4. The van der Waals surface area contributed by atoms with Crippen molar-refractivity contribution in [2.24, 2.45) is 11.8 Å². The summed E-state index contributed by atoms with van der Waals surface area (Å²) in [4.78, 5) is 24.5. The fraction of sp³-hybridized carbons (Fsp3) is 0.333. The summed E-state index contributed by atoms with van der Waals surface area (Å²) in [6.07, 6.45) is 0. The first-order valence-corrected chi connectivity index (χ1v) is 15.6. The summed E-state index contributed by atoms with van der Waals surface area (Å²) in [5.74, 6) is 1.41. The molecule has 5 aromatic rings. The van der Waals surface area contributed by atoms with E-state index in [0.29, 0.717) is 35.4 Å². The van der Waals surface area contributed by atoms with Crippen molar-refractivity contribution >= 4 is 15.9 Å². The zero-order chi connectivity index (χ0) is 31.1. The Hall–Kier alpha value is -3.84. The van der Waals surface area contributed by atoms with Crippen LogP contribution in [0, 0.1) is 11.8 Å². The van der Waals surface area contributed by atoms with E-state index >= 15 is 0 Å². The smallest absolute Gasteiger partial charge is 0.407 e. The number of nitrogens with zero attached hydrogens (tertiary/aromatic N) is 2. The highest BCUT2D eigenvalue weighted by Crippen LogP contribution is 2.33. The van der Waals surface area contributed by atoms with Crippen molar-refractivity contribution in [1.82, 2.24) is 9.13 Å². The number of oxazole rings is 2. The van der Waals surface area contributed by atoms with Crippen LogP contribution in [-0.4, -0.2) is 9.13 Å². The maximum Gasteiger partial charge on any atom is 0.420 e. The van der Waals surface area contributed by atoms with Crippen molar-refractivity contribution in [3.05, 3.63) is 139 Å². The van der Waals surface area contributed by atoms with Crippen LogP contribution in [0.3, 0.4) is 0 Å². The fourth-order valence-corrected chi connectivity index (χ4v) is 5.65. The predicted octanol–water partition coefficient (Wildman–Crippen LogP) is 8.93. The van der Waals surface area contributed by atoms with Crippen LogP contribution in [-0.2, 0) is 13.1 Å². The minimum absolute atomic E-state index is 0.218. The molecule has 5 rings (SSSR count). The Bertz CT molecular complexity index is 1700. The Morgan fingerprint density at radius 3 is 1.44 bits per heavy atom. The molecule has 7 heteroatoms. The third kappa shape index (κ3) is 7.77. The summed E-state index contributed by atoms with van der Waals surface area (Å²) < 4.78 is 14.9. The third-order valence-corrected chi connectivity index (χ3v) is 8.66. The summed E-state index contributed by atoms with van der Waals surface area (Å²) >= 11 is 3.36. The molecule has 2 aromatic heterocycles. The Morgan fingerprint density at radius 1 is 0.581 bits per heavy atom. The monoisotopic (exact) mass is 644 g/mol. The van der Waals surface area contributed by atoms with E-state index in [1.807, 2.05) is 91.0 Å². The van der Waals surface area contributed by atoms with Gasteiger partial charge in [0.2, 0.25) is 0 Å². The molecule has 0 N–H and O–H groups in total. The maximum absolute atomic E-state index is 12.6. The van der Waals surface area contributed by atoms with Gasteiger partial charge in [-0.2, -0.15) is 0 Å². The van der Waals surface area contributed by atoms with Gasteiger partial charge >= 0.3 is 11.5 Å². The van der Waals surface area contributed by atoms with Gasteiger partial charge in [-0.1, -0.05) is 133 Å². The molecule has 0 spiro atoms. The lowest BCUT2D eigenvalue weighted by Crippen LogP contribution is -2.20. The summed E-state index contributed by atoms with van der Waals surface area (Å²) in [7, 11) is 0. The number of hydrogen-bond donors (Lipinski definition) is 0. The highest BCUT2D eigenvalue weighted by Gasteiger charge is 2.25. The molecule has 0 fully saturated rings. The van der Waals surface area contributed by atoms with Crippen LogP contribution in [0.15, 0.2) is 114 Å². The average molecular weight is 646 g/mol. The quantitative estimate of drug-likeness (QED) is 0.161. The maximum atomic E-state index is 12.6. The van der Waals surface area contributed by atoms with E-state index in [0.717, 1.165) is 28.1 Å². The van der Waals surface area contributed by atoms with Crippen molar-refractivity contribution in [3.8, 4) is 11.3 Å². The lowest BCUT2D eigenvalue weighted by molar-refractivity contribution is 0.469. The van der Waals surface area contributed by atoms with Gasteiger partial charge in [0.05, 0.1) is 24.5 Å². The number of halogens is 1. The van der Waals surface area contributed by atoms with E-state index in [1.54, 1.807) is 9.13 Å². The zero-order valence-corrected chi connectivity index (χ0v) is 27.4. The van der Waals surface area contributed by atoms with Gasteiger partial charge in [-0.3, -0.25) is 9.13 Å². The average Bonchev–Trinajstić information content (AvgIpc) is 3.47. The van der Waals surface area contributed by atoms with Crippen LogP contribution in [0.25, 0.3) is 11.3 Å². The summed E-state index contributed by atoms with van der Waals surface area (Å²) in [5.41, 5.74) is 5.05. The third-order valence-electron chi connectivity index (χ3n) is 8.09. The molecule has 0 saturated heterocycles. The van der Waals surface area contributed by atoms with Gasteiger partial charge in [0, 0.05) is 17.4 Å². The predicted molar refractivity (Wildman–Crippen MR) is 177 cm³/mol. The first-order valence-electron chi connectivity index (χ1n) is 14.8. The molecule has 2 unspecified atom stereocenters. The number of aromatic nitrogens is 2. The highest BCUT2D eigenvalue weighted by atomic mass is 79.9. The standard InChI is InChI=1S/C21H23NO2.C15H18BrNO2/c1-15(2)16(3)19-20(18-12-8-5-9-13-18)24-21(23)22(19)14-17-10-6-4-7-11-17;1-10(2)11(3)13-14(16)19-15(18)17(13)9-12-7-5-4-6-8-12/h4-13,15-16H,14H2,1-3H3;4-8,10-11H,9H2,1-3H3. The molecular formula is C36H41BrN2O4. The van der Waals surface area contributed by atoms with E-state index in [1.165, 1.54) is 0 Å². The van der Waals surface area contributed by atoms with Gasteiger partial charge in [-0.15, -0.1) is 0 Å². The lowest BCUT2D eigenvalue weighted by Gasteiger charge is -2.18. The van der Waals surface area contributed by atoms with Gasteiger partial charge in [0.25, 0.3) is 0 Å². The van der Waals surface area contributed by atoms with Crippen molar-refractivity contribution < 1.29 is 8.83 Å². The van der Waals surface area contributed by atoms with Gasteiger partial charge in [0.1, 0.15) is 0 Å². The Balaban J connectivity index is 0.000000203. The topological polar surface area (TPSA) is 70.3 Å². The zero-order valence-electron chi connectivity index (χ0n) is 25.8. The molecule has 43 heavy (non-hydrogen) atoms. The molecule has 0 radical (unpaired) electrons. The molecule has 0 bridgehead atoms. The minimum atomic E-state index is -0.307. The molecule has 226 valence electrons. The number of rotatable bonds is 9. The van der Waals surface area contributed by atoms with Crippen LogP contribution in [0.4, 0.5) is 0 Å². The largest absolute Gasteiger partial charge is 0.420 e. The van der Waals surface area contributed by atoms with Crippen LogP contribution in [0.2, 0.25) is 0 Å². The Labute approximate surface area is 262 Å². The lowest BCUT2D eigenvalue weighted by atomic mass is 9.91. The molecule has 0 aliphatic carbocycles. The molecule has 3 aromatic carbocycles. The summed E-state index contributed by atoms with van der Waals surface area (Å²) in [6.45, 7) is 14.0. The van der Waals surface area contributed by atoms with E-state index in [9.17, 15) is 9.59 Å². The van der Waals surface area contributed by atoms with E-state index in [-0.39, 0.29) is 23.3 Å². The van der Waals surface area contributed by atoms with Crippen molar-refractivity contribution in [2.45, 2.75) is 66.5 Å². The second-order valence-electron chi connectivity index (χ2n) is 11.7. The molecule has 0 amide bonds. The SMILES string of the molecule is CC(C)C(C)c1c(-c2ccccc2)oc(=O)n1Cc1ccccc1.CC(C)C(C)c1c(Br)oc(=O)n1Cc1ccccc1. The molecule has 2 heterocycles. The van der Waals surface area contributed by atoms with Gasteiger partial charge in [-0.05, 0) is 38.9 Å². The van der Waals surface area contributed by atoms with Crippen molar-refractivity contribution in [2.75, 3.05) is 0 Å². The van der Waals surface area contributed by atoms with Gasteiger partial charge in [-0.25, -0.2) is 9.59 Å². The fourth-order valence-electron chi connectivity index (χ4n) is 4.94. The molecule has 6 nitrogen and oxygen atoms in total. The van der Waals surface area contributed by atoms with Crippen LogP contribution in [0.5, 0.6) is 0 Å². The molecule has 0 aliphatic heterocycles. The second kappa shape index (κ2) is 14.6. The molecule has 0 saturated carbocycles. The van der Waals surface area contributed by atoms with Crippen molar-refractivity contribution in [1.29, 1.82) is 0 Å². The molecule has 0 aliphatic rings. The van der Waals surface area contributed by atoms with E-state index < -0.39 is 0 Å². The minimum Gasteiger partial charge on any atom is -0.407 e. The first kappa shape index (κ1) is 32.1. The highest BCUT2D eigenvalue weighted by molar-refractivity contribution is 9.10. The number of hydrogen-bond acceptors (Lipinski definition) is 4. The summed E-state index contributed by atoms with van der Waals surface area (Å²) in [6, 6.07) is 29.8. The first-order chi connectivity index (χ1) is 20.6. The van der Waals surface area contributed by atoms with Gasteiger partial charge < -0.3 is 8.83 Å². The normalized spacial score (nSPS) is 12.7. The number of benzene rings is 3. The van der Waals surface area contributed by atoms with Crippen LogP contribution in [0.1, 0.15) is 75.9 Å².